The maximum atomic E-state index is 3.27. The predicted molar refractivity (Wildman–Crippen MR) is 82.6 cm³/mol. The fraction of sp³-hybridized carbons (Fsp3) is 0.647. The first kappa shape index (κ1) is 14.5. The zero-order chi connectivity index (χ0) is 13.5. The lowest BCUT2D eigenvalue weighted by molar-refractivity contribution is 0.172. The van der Waals surface area contributed by atoms with E-state index in [2.05, 4.69) is 54.5 Å². The van der Waals surface area contributed by atoms with E-state index in [1.807, 2.05) is 0 Å². The molecule has 106 valence electrons. The van der Waals surface area contributed by atoms with Gasteiger partial charge in [-0.2, -0.15) is 0 Å². The van der Waals surface area contributed by atoms with Gasteiger partial charge in [0.2, 0.25) is 0 Å². The van der Waals surface area contributed by atoms with Gasteiger partial charge in [0.05, 0.1) is 0 Å². The Kier molecular flexibility index (Phi) is 5.87. The van der Waals surface area contributed by atoms with Crippen LogP contribution in [0.15, 0.2) is 30.3 Å². The highest BCUT2D eigenvalue weighted by molar-refractivity contribution is 5.19. The number of piperidine rings is 1. The van der Waals surface area contributed by atoms with E-state index in [0.717, 1.165) is 5.92 Å². The average molecular weight is 260 g/mol. The molecule has 1 unspecified atom stereocenters. The van der Waals surface area contributed by atoms with Gasteiger partial charge in [-0.1, -0.05) is 37.3 Å². The van der Waals surface area contributed by atoms with E-state index in [-0.39, 0.29) is 0 Å². The van der Waals surface area contributed by atoms with Crippen molar-refractivity contribution >= 4 is 0 Å². The Bertz CT molecular complexity index is 342. The summed E-state index contributed by atoms with van der Waals surface area (Å²) in [5, 5.41) is 3.27. The molecule has 1 aromatic carbocycles. The number of hydrogen-bond acceptors (Lipinski definition) is 2. The van der Waals surface area contributed by atoms with E-state index < -0.39 is 0 Å². The maximum Gasteiger partial charge on any atom is 0.00476 e. The molecule has 0 aromatic heterocycles. The van der Waals surface area contributed by atoms with Gasteiger partial charge in [0.25, 0.3) is 0 Å². The summed E-state index contributed by atoms with van der Waals surface area (Å²) in [4.78, 5) is 2.65. The van der Waals surface area contributed by atoms with Crippen LogP contribution >= 0.6 is 0 Å². The van der Waals surface area contributed by atoms with Crippen LogP contribution in [0.5, 0.6) is 0 Å². The molecular formula is C17H28N2. The highest BCUT2D eigenvalue weighted by Crippen LogP contribution is 2.23. The topological polar surface area (TPSA) is 15.3 Å². The largest absolute Gasteiger partial charge is 0.320 e. The second-order valence-electron chi connectivity index (χ2n) is 5.95. The van der Waals surface area contributed by atoms with Crippen molar-refractivity contribution in [2.45, 2.75) is 32.1 Å². The molecule has 1 aliphatic rings. The highest BCUT2D eigenvalue weighted by atomic mass is 15.1. The van der Waals surface area contributed by atoms with Crippen molar-refractivity contribution < 1.29 is 0 Å². The summed E-state index contributed by atoms with van der Waals surface area (Å²) < 4.78 is 0. The molecule has 1 aliphatic heterocycles. The lowest BCUT2D eigenvalue weighted by Crippen LogP contribution is -2.36. The fourth-order valence-corrected chi connectivity index (χ4v) is 3.08. The first-order chi connectivity index (χ1) is 9.29. The van der Waals surface area contributed by atoms with Crippen LogP contribution in [0.2, 0.25) is 0 Å². The van der Waals surface area contributed by atoms with E-state index in [1.54, 1.807) is 0 Å². The average Bonchev–Trinajstić information content (AvgIpc) is 2.47. The molecular weight excluding hydrogens is 232 g/mol. The second-order valence-corrected chi connectivity index (χ2v) is 5.95. The molecule has 19 heavy (non-hydrogen) atoms. The summed E-state index contributed by atoms with van der Waals surface area (Å²) in [5.74, 6) is 1.59. The predicted octanol–water partition coefficient (Wildman–Crippen LogP) is 3.11. The summed E-state index contributed by atoms with van der Waals surface area (Å²) in [5.41, 5.74) is 1.47. The fourth-order valence-electron chi connectivity index (χ4n) is 3.08. The van der Waals surface area contributed by atoms with Gasteiger partial charge in [0, 0.05) is 6.54 Å². The Morgan fingerprint density at radius 2 is 1.89 bits per heavy atom. The van der Waals surface area contributed by atoms with Crippen molar-refractivity contribution in [2.75, 3.05) is 33.2 Å². The molecule has 2 rings (SSSR count). The number of likely N-dealkylation sites (tertiary alicyclic amines) is 1. The van der Waals surface area contributed by atoms with Gasteiger partial charge in [-0.3, -0.25) is 0 Å². The zero-order valence-corrected chi connectivity index (χ0v) is 12.4. The molecule has 2 nitrogen and oxygen atoms in total. The maximum absolute atomic E-state index is 3.27. The summed E-state index contributed by atoms with van der Waals surface area (Å²) in [7, 11) is 2.05. The molecule has 0 saturated carbocycles. The van der Waals surface area contributed by atoms with Crippen LogP contribution in [0, 0.1) is 5.92 Å². The van der Waals surface area contributed by atoms with Crippen molar-refractivity contribution in [1.29, 1.82) is 0 Å². The molecule has 0 spiro atoms. The normalized spacial score (nSPS) is 19.5. The van der Waals surface area contributed by atoms with Gasteiger partial charge in [-0.05, 0) is 63.3 Å². The third-order valence-corrected chi connectivity index (χ3v) is 4.41. The van der Waals surface area contributed by atoms with Crippen LogP contribution in [0.3, 0.4) is 0 Å². The zero-order valence-electron chi connectivity index (χ0n) is 12.4. The molecule has 1 heterocycles. The van der Waals surface area contributed by atoms with Crippen LogP contribution in [0.25, 0.3) is 0 Å². The van der Waals surface area contributed by atoms with Crippen LogP contribution in [0.1, 0.15) is 37.7 Å². The van der Waals surface area contributed by atoms with Gasteiger partial charge in [-0.15, -0.1) is 0 Å². The van der Waals surface area contributed by atoms with E-state index in [9.17, 15) is 0 Å². The molecule has 0 aliphatic carbocycles. The Balaban J connectivity index is 1.73. The van der Waals surface area contributed by atoms with Crippen molar-refractivity contribution in [3.05, 3.63) is 35.9 Å². The standard InChI is InChI=1S/C17H28N2/c1-15(17-6-4-3-5-7-17)14-19-12-9-16(10-13-19)8-11-18-2/h3-7,15-16,18H,8-14H2,1-2H3. The Morgan fingerprint density at radius 1 is 1.21 bits per heavy atom. The Morgan fingerprint density at radius 3 is 2.53 bits per heavy atom. The highest BCUT2D eigenvalue weighted by Gasteiger charge is 2.20. The number of hydrogen-bond donors (Lipinski definition) is 1. The number of benzene rings is 1. The first-order valence-electron chi connectivity index (χ1n) is 7.71. The van der Waals surface area contributed by atoms with E-state index in [1.165, 1.54) is 51.0 Å². The van der Waals surface area contributed by atoms with Crippen molar-refractivity contribution in [3.8, 4) is 0 Å². The lowest BCUT2D eigenvalue weighted by atomic mass is 9.92. The van der Waals surface area contributed by atoms with Crippen molar-refractivity contribution in [1.82, 2.24) is 10.2 Å². The minimum absolute atomic E-state index is 0.648. The molecule has 1 atom stereocenters. The SMILES string of the molecule is CNCCC1CCN(CC(C)c2ccccc2)CC1. The summed E-state index contributed by atoms with van der Waals surface area (Å²) in [6, 6.07) is 10.9. The molecule has 1 saturated heterocycles. The number of nitrogens with zero attached hydrogens (tertiary/aromatic N) is 1. The summed E-state index contributed by atoms with van der Waals surface area (Å²) >= 11 is 0. The van der Waals surface area contributed by atoms with Gasteiger partial charge < -0.3 is 10.2 Å². The van der Waals surface area contributed by atoms with Gasteiger partial charge in [0.15, 0.2) is 0 Å². The second kappa shape index (κ2) is 7.66. The molecule has 0 bridgehead atoms. The quantitative estimate of drug-likeness (QED) is 0.845. The van der Waals surface area contributed by atoms with E-state index >= 15 is 0 Å². The van der Waals surface area contributed by atoms with Crippen LogP contribution in [0.4, 0.5) is 0 Å². The van der Waals surface area contributed by atoms with Gasteiger partial charge in [0.1, 0.15) is 0 Å². The molecule has 1 aromatic rings. The van der Waals surface area contributed by atoms with Gasteiger partial charge in [-0.25, -0.2) is 0 Å². The van der Waals surface area contributed by atoms with E-state index in [4.69, 9.17) is 0 Å². The Labute approximate surface area is 118 Å². The lowest BCUT2D eigenvalue weighted by Gasteiger charge is -2.33. The third kappa shape index (κ3) is 4.63. The minimum atomic E-state index is 0.648. The Hall–Kier alpha value is -0.860. The van der Waals surface area contributed by atoms with Crippen LogP contribution in [-0.2, 0) is 0 Å². The molecule has 1 N–H and O–H groups in total. The smallest absolute Gasteiger partial charge is 0.00476 e. The molecule has 0 radical (unpaired) electrons. The minimum Gasteiger partial charge on any atom is -0.320 e. The third-order valence-electron chi connectivity index (χ3n) is 4.41. The summed E-state index contributed by atoms with van der Waals surface area (Å²) in [6.45, 7) is 7.30. The first-order valence-corrected chi connectivity index (χ1v) is 7.71. The van der Waals surface area contributed by atoms with Crippen LogP contribution < -0.4 is 5.32 Å². The number of nitrogens with one attached hydrogen (secondary N) is 1. The molecule has 0 amide bonds. The van der Waals surface area contributed by atoms with E-state index in [0.29, 0.717) is 5.92 Å². The molecule has 2 heteroatoms. The van der Waals surface area contributed by atoms with Crippen LogP contribution in [-0.4, -0.2) is 38.1 Å². The summed E-state index contributed by atoms with van der Waals surface area (Å²) in [6.07, 6.45) is 4.10. The monoisotopic (exact) mass is 260 g/mol. The van der Waals surface area contributed by atoms with Crippen molar-refractivity contribution in [3.63, 3.8) is 0 Å². The van der Waals surface area contributed by atoms with Gasteiger partial charge >= 0.3 is 0 Å². The molecule has 1 fully saturated rings. The number of rotatable bonds is 6. The van der Waals surface area contributed by atoms with Crippen molar-refractivity contribution in [2.24, 2.45) is 5.92 Å².